The number of fused-ring (bicyclic) bond motifs is 1. The van der Waals surface area contributed by atoms with Crippen LogP contribution in [0.3, 0.4) is 0 Å². The molecule has 2 atom stereocenters. The van der Waals surface area contributed by atoms with Crippen LogP contribution in [0.5, 0.6) is 0 Å². The highest BCUT2D eigenvalue weighted by molar-refractivity contribution is 5.84. The summed E-state index contributed by atoms with van der Waals surface area (Å²) >= 11 is 0. The average Bonchev–Trinajstić information content (AvgIpc) is 2.94. The van der Waals surface area contributed by atoms with Gasteiger partial charge in [0.15, 0.2) is 5.69 Å². The molecule has 1 saturated heterocycles. The highest BCUT2D eigenvalue weighted by atomic mass is 16.4. The predicted molar refractivity (Wildman–Crippen MR) is 73.5 cm³/mol. The van der Waals surface area contributed by atoms with Crippen LogP contribution in [0, 0.1) is 5.92 Å². The Morgan fingerprint density at radius 2 is 2.05 bits per heavy atom. The van der Waals surface area contributed by atoms with Gasteiger partial charge in [0.1, 0.15) is 0 Å². The summed E-state index contributed by atoms with van der Waals surface area (Å²) in [7, 11) is 0. The number of hydrogen-bond donors (Lipinski definition) is 1. The molecule has 0 spiro atoms. The number of carboxylic acid groups (broad SMARTS) is 1. The van der Waals surface area contributed by atoms with Gasteiger partial charge in [-0.1, -0.05) is 18.1 Å². The first-order chi connectivity index (χ1) is 9.74. The fraction of sp³-hybridized carbons (Fsp3) is 0.786. The van der Waals surface area contributed by atoms with E-state index in [1.165, 1.54) is 51.3 Å². The highest BCUT2D eigenvalue weighted by Gasteiger charge is 2.32. The maximum atomic E-state index is 10.8. The molecule has 6 nitrogen and oxygen atoms in total. The molecular weight excluding hydrogens is 256 g/mol. The number of likely N-dealkylation sites (tertiary alicyclic amines) is 1. The standard InChI is InChI=1S/C14H22N4O2/c19-14(20)12-10-18(16-15-12)9-8-17-7-3-5-11-4-1-2-6-13(11)17/h10-11,13H,1-9H2,(H,19,20)/t11-,13-/m1/s1. The van der Waals surface area contributed by atoms with Crippen LogP contribution in [0.25, 0.3) is 0 Å². The first-order valence-corrected chi connectivity index (χ1v) is 7.61. The minimum Gasteiger partial charge on any atom is -0.476 e. The highest BCUT2D eigenvalue weighted by Crippen LogP contribution is 2.34. The van der Waals surface area contributed by atoms with Crippen LogP contribution in [-0.2, 0) is 6.54 Å². The number of nitrogens with zero attached hydrogens (tertiary/aromatic N) is 4. The summed E-state index contributed by atoms with van der Waals surface area (Å²) in [4.78, 5) is 13.4. The van der Waals surface area contributed by atoms with Gasteiger partial charge in [-0.2, -0.15) is 0 Å². The van der Waals surface area contributed by atoms with Crippen molar-refractivity contribution < 1.29 is 9.90 Å². The molecule has 3 rings (SSSR count). The zero-order valence-corrected chi connectivity index (χ0v) is 11.7. The van der Waals surface area contributed by atoms with Gasteiger partial charge >= 0.3 is 5.97 Å². The smallest absolute Gasteiger partial charge is 0.358 e. The van der Waals surface area contributed by atoms with Crippen molar-refractivity contribution in [3.8, 4) is 0 Å². The van der Waals surface area contributed by atoms with Crippen molar-refractivity contribution >= 4 is 5.97 Å². The Labute approximate surface area is 118 Å². The molecule has 0 aromatic carbocycles. The van der Waals surface area contributed by atoms with Gasteiger partial charge in [0, 0.05) is 12.6 Å². The number of carboxylic acids is 1. The Morgan fingerprint density at radius 1 is 1.25 bits per heavy atom. The maximum absolute atomic E-state index is 10.8. The molecule has 1 aliphatic heterocycles. The van der Waals surface area contributed by atoms with E-state index in [2.05, 4.69) is 15.2 Å². The molecule has 6 heteroatoms. The summed E-state index contributed by atoms with van der Waals surface area (Å²) in [6, 6.07) is 0.736. The van der Waals surface area contributed by atoms with Crippen LogP contribution in [0.2, 0.25) is 0 Å². The van der Waals surface area contributed by atoms with Crippen LogP contribution in [-0.4, -0.2) is 50.1 Å². The van der Waals surface area contributed by atoms with E-state index in [9.17, 15) is 4.79 Å². The molecule has 0 radical (unpaired) electrons. The lowest BCUT2D eigenvalue weighted by Crippen LogP contribution is -2.47. The number of piperidine rings is 1. The second kappa shape index (κ2) is 5.91. The minimum absolute atomic E-state index is 0.0270. The number of aromatic carboxylic acids is 1. The fourth-order valence-corrected chi connectivity index (χ4v) is 3.74. The van der Waals surface area contributed by atoms with Gasteiger partial charge in [-0.25, -0.2) is 4.79 Å². The lowest BCUT2D eigenvalue weighted by molar-refractivity contribution is 0.0572. The molecule has 0 unspecified atom stereocenters. The minimum atomic E-state index is -1.01. The van der Waals surface area contributed by atoms with Crippen molar-refractivity contribution in [3.05, 3.63) is 11.9 Å². The Morgan fingerprint density at radius 3 is 2.85 bits per heavy atom. The molecule has 110 valence electrons. The summed E-state index contributed by atoms with van der Waals surface area (Å²) < 4.78 is 1.65. The fourth-order valence-electron chi connectivity index (χ4n) is 3.74. The second-order valence-corrected chi connectivity index (χ2v) is 5.96. The zero-order valence-electron chi connectivity index (χ0n) is 11.7. The van der Waals surface area contributed by atoms with E-state index >= 15 is 0 Å². The second-order valence-electron chi connectivity index (χ2n) is 5.96. The third kappa shape index (κ3) is 2.85. The maximum Gasteiger partial charge on any atom is 0.358 e. The molecule has 1 aromatic heterocycles. The predicted octanol–water partition coefficient (Wildman–Crippen LogP) is 1.63. The molecular formula is C14H22N4O2. The molecule has 1 N–H and O–H groups in total. The van der Waals surface area contributed by atoms with E-state index in [0.717, 1.165) is 25.0 Å². The first-order valence-electron chi connectivity index (χ1n) is 7.61. The molecule has 0 amide bonds. The van der Waals surface area contributed by atoms with Crippen molar-refractivity contribution in [2.45, 2.75) is 51.1 Å². The molecule has 1 aromatic rings. The Hall–Kier alpha value is -1.43. The number of rotatable bonds is 4. The third-order valence-electron chi connectivity index (χ3n) is 4.73. The van der Waals surface area contributed by atoms with E-state index in [4.69, 9.17) is 5.11 Å². The van der Waals surface area contributed by atoms with Gasteiger partial charge in [-0.3, -0.25) is 9.58 Å². The summed E-state index contributed by atoms with van der Waals surface area (Å²) in [5.74, 6) is -0.135. The number of aromatic nitrogens is 3. The van der Waals surface area contributed by atoms with Crippen molar-refractivity contribution in [2.24, 2.45) is 5.92 Å². The van der Waals surface area contributed by atoms with Crippen LogP contribution in [0.1, 0.15) is 49.0 Å². The average molecular weight is 278 g/mol. The summed E-state index contributed by atoms with van der Waals surface area (Å²) in [5, 5.41) is 16.4. The molecule has 20 heavy (non-hydrogen) atoms. The van der Waals surface area contributed by atoms with Crippen molar-refractivity contribution in [2.75, 3.05) is 13.1 Å². The molecule has 0 bridgehead atoms. The normalized spacial score (nSPS) is 27.2. The van der Waals surface area contributed by atoms with Gasteiger partial charge in [-0.15, -0.1) is 5.10 Å². The van der Waals surface area contributed by atoms with E-state index in [1.54, 1.807) is 4.68 Å². The first kappa shape index (κ1) is 13.5. The molecule has 2 heterocycles. The summed E-state index contributed by atoms with van der Waals surface area (Å²) in [6.07, 6.45) is 9.64. The van der Waals surface area contributed by atoms with E-state index < -0.39 is 5.97 Å². The molecule has 2 fully saturated rings. The van der Waals surface area contributed by atoms with Crippen molar-refractivity contribution in [1.82, 2.24) is 19.9 Å². The third-order valence-corrected chi connectivity index (χ3v) is 4.73. The Bertz CT molecular complexity index is 471. The van der Waals surface area contributed by atoms with E-state index in [1.807, 2.05) is 0 Å². The van der Waals surface area contributed by atoms with Crippen LogP contribution >= 0.6 is 0 Å². The van der Waals surface area contributed by atoms with Crippen molar-refractivity contribution in [3.63, 3.8) is 0 Å². The SMILES string of the molecule is O=C(O)c1cn(CCN2CCC[C@H]3CCCC[C@H]32)nn1. The zero-order chi connectivity index (χ0) is 13.9. The van der Waals surface area contributed by atoms with Gasteiger partial charge in [-0.05, 0) is 38.1 Å². The van der Waals surface area contributed by atoms with Crippen LogP contribution in [0.4, 0.5) is 0 Å². The molecule has 2 aliphatic rings. The van der Waals surface area contributed by atoms with Crippen molar-refractivity contribution in [1.29, 1.82) is 0 Å². The lowest BCUT2D eigenvalue weighted by atomic mass is 9.78. The molecule has 1 saturated carbocycles. The number of hydrogen-bond acceptors (Lipinski definition) is 4. The Balaban J connectivity index is 1.57. The molecule has 1 aliphatic carbocycles. The lowest BCUT2D eigenvalue weighted by Gasteiger charge is -2.44. The van der Waals surface area contributed by atoms with Gasteiger partial charge in [0.2, 0.25) is 0 Å². The Kier molecular flexibility index (Phi) is 4.00. The summed E-state index contributed by atoms with van der Waals surface area (Å²) in [6.45, 7) is 2.84. The van der Waals surface area contributed by atoms with Gasteiger partial charge < -0.3 is 5.11 Å². The van der Waals surface area contributed by atoms with E-state index in [0.29, 0.717) is 0 Å². The summed E-state index contributed by atoms with van der Waals surface area (Å²) in [5.41, 5.74) is 0.0270. The quantitative estimate of drug-likeness (QED) is 0.906. The number of carbonyl (C=O) groups is 1. The van der Waals surface area contributed by atoms with E-state index in [-0.39, 0.29) is 5.69 Å². The monoisotopic (exact) mass is 278 g/mol. The van der Waals surface area contributed by atoms with Crippen LogP contribution < -0.4 is 0 Å². The largest absolute Gasteiger partial charge is 0.476 e. The van der Waals surface area contributed by atoms with Gasteiger partial charge in [0.05, 0.1) is 12.7 Å². The topological polar surface area (TPSA) is 71.2 Å². The van der Waals surface area contributed by atoms with Crippen LogP contribution in [0.15, 0.2) is 6.20 Å². The van der Waals surface area contributed by atoms with Gasteiger partial charge in [0.25, 0.3) is 0 Å².